The zero-order valence-corrected chi connectivity index (χ0v) is 14.4. The second kappa shape index (κ2) is 9.36. The van der Waals surface area contributed by atoms with E-state index in [4.69, 9.17) is 15.2 Å². The Hall–Kier alpha value is -2.15. The molecule has 6 nitrogen and oxygen atoms in total. The Morgan fingerprint density at radius 3 is 2.60 bits per heavy atom. The van der Waals surface area contributed by atoms with Crippen molar-refractivity contribution in [1.29, 1.82) is 0 Å². The van der Waals surface area contributed by atoms with Crippen molar-refractivity contribution in [3.8, 4) is 5.75 Å². The Morgan fingerprint density at radius 1 is 1.28 bits per heavy atom. The Balaban J connectivity index is 1.88. The van der Waals surface area contributed by atoms with E-state index in [2.05, 4.69) is 5.32 Å². The summed E-state index contributed by atoms with van der Waals surface area (Å²) in [5, 5.41) is 2.53. The number of rotatable bonds is 7. The Kier molecular flexibility index (Phi) is 7.18. The molecule has 0 atom stereocenters. The molecule has 0 radical (unpaired) electrons. The molecule has 1 aliphatic carbocycles. The lowest BCUT2D eigenvalue weighted by molar-refractivity contribution is -0.149. The van der Waals surface area contributed by atoms with Crippen LogP contribution in [0.15, 0.2) is 18.2 Å². The topological polar surface area (TPSA) is 90.6 Å². The monoisotopic (exact) mass is 352 g/mol. The van der Waals surface area contributed by atoms with Crippen LogP contribution in [0.25, 0.3) is 0 Å². The van der Waals surface area contributed by atoms with Crippen LogP contribution < -0.4 is 15.8 Å². The molecule has 0 unspecified atom stereocenters. The van der Waals surface area contributed by atoms with Gasteiger partial charge < -0.3 is 20.5 Å². The van der Waals surface area contributed by atoms with Gasteiger partial charge in [-0.3, -0.25) is 9.59 Å². The van der Waals surface area contributed by atoms with E-state index in [0.29, 0.717) is 51.1 Å². The highest BCUT2D eigenvalue weighted by Crippen LogP contribution is 2.29. The zero-order chi connectivity index (χ0) is 18.2. The minimum Gasteiger partial charge on any atom is -0.490 e. The van der Waals surface area contributed by atoms with Crippen LogP contribution in [0.2, 0.25) is 0 Å². The molecule has 0 aliphatic heterocycles. The first-order valence-corrected chi connectivity index (χ1v) is 8.66. The molecule has 0 bridgehead atoms. The van der Waals surface area contributed by atoms with Crippen molar-refractivity contribution in [3.05, 3.63) is 29.6 Å². The van der Waals surface area contributed by atoms with E-state index in [1.807, 2.05) is 0 Å². The lowest BCUT2D eigenvalue weighted by atomic mass is 9.87. The van der Waals surface area contributed by atoms with Crippen LogP contribution in [-0.4, -0.2) is 37.7 Å². The highest BCUT2D eigenvalue weighted by molar-refractivity contribution is 5.94. The number of benzene rings is 1. The van der Waals surface area contributed by atoms with Crippen LogP contribution in [0.3, 0.4) is 0 Å². The van der Waals surface area contributed by atoms with Crippen LogP contribution in [0.1, 0.15) is 43.0 Å². The maximum atomic E-state index is 14.1. The second-order valence-electron chi connectivity index (χ2n) is 6.03. The molecule has 7 heteroatoms. The van der Waals surface area contributed by atoms with Crippen molar-refractivity contribution in [2.24, 2.45) is 11.7 Å². The molecule has 0 heterocycles. The Labute approximate surface area is 146 Å². The molecule has 0 saturated heterocycles. The van der Waals surface area contributed by atoms with Gasteiger partial charge in [-0.25, -0.2) is 4.39 Å². The summed E-state index contributed by atoms with van der Waals surface area (Å²) < 4.78 is 24.9. The van der Waals surface area contributed by atoms with Crippen LogP contribution in [0.5, 0.6) is 5.75 Å². The number of hydrogen-bond acceptors (Lipinski definition) is 5. The molecule has 1 aromatic rings. The molecule has 1 amide bonds. The first-order chi connectivity index (χ1) is 12.0. The number of halogens is 1. The molecular weight excluding hydrogens is 327 g/mol. The quantitative estimate of drug-likeness (QED) is 0.733. The number of hydrogen-bond donors (Lipinski definition) is 2. The van der Waals surface area contributed by atoms with Gasteiger partial charge >= 0.3 is 5.97 Å². The number of nitrogens with one attached hydrogen (secondary N) is 1. The van der Waals surface area contributed by atoms with Crippen molar-refractivity contribution in [2.75, 3.05) is 19.7 Å². The van der Waals surface area contributed by atoms with Crippen molar-refractivity contribution in [2.45, 2.75) is 38.7 Å². The zero-order valence-electron chi connectivity index (χ0n) is 14.4. The first kappa shape index (κ1) is 19.2. The van der Waals surface area contributed by atoms with Crippen molar-refractivity contribution < 1.29 is 23.5 Å². The summed E-state index contributed by atoms with van der Waals surface area (Å²) >= 11 is 0. The summed E-state index contributed by atoms with van der Waals surface area (Å²) in [5.74, 6) is -0.978. The molecule has 1 aromatic carbocycles. The number of esters is 1. The van der Waals surface area contributed by atoms with Gasteiger partial charge in [0.15, 0.2) is 0 Å². The van der Waals surface area contributed by atoms with Crippen molar-refractivity contribution >= 4 is 11.9 Å². The van der Waals surface area contributed by atoms with E-state index < -0.39 is 11.7 Å². The van der Waals surface area contributed by atoms with Crippen LogP contribution >= 0.6 is 0 Å². The van der Waals surface area contributed by atoms with Gasteiger partial charge in [-0.15, -0.1) is 0 Å². The molecule has 2 rings (SSSR count). The number of amides is 1. The molecule has 0 spiro atoms. The molecule has 25 heavy (non-hydrogen) atoms. The predicted octanol–water partition coefficient (Wildman–Crippen LogP) is 2.01. The third-order valence-electron chi connectivity index (χ3n) is 4.21. The third-order valence-corrected chi connectivity index (χ3v) is 4.21. The molecule has 0 aromatic heterocycles. The van der Waals surface area contributed by atoms with Gasteiger partial charge in [0.1, 0.15) is 11.6 Å². The summed E-state index contributed by atoms with van der Waals surface area (Å²) in [4.78, 5) is 23.5. The van der Waals surface area contributed by atoms with E-state index in [0.717, 1.165) is 0 Å². The van der Waals surface area contributed by atoms with Gasteiger partial charge in [0, 0.05) is 19.2 Å². The van der Waals surface area contributed by atoms with E-state index in [1.54, 1.807) is 13.0 Å². The van der Waals surface area contributed by atoms with Gasteiger partial charge in [0.25, 0.3) is 5.91 Å². The number of nitrogens with two attached hydrogens (primary N) is 1. The largest absolute Gasteiger partial charge is 0.490 e. The highest BCUT2D eigenvalue weighted by atomic mass is 19.1. The van der Waals surface area contributed by atoms with Crippen LogP contribution in [-0.2, 0) is 9.53 Å². The summed E-state index contributed by atoms with van der Waals surface area (Å²) in [7, 11) is 0. The molecular formula is C18H25FN2O4. The maximum absolute atomic E-state index is 14.1. The minimum atomic E-state index is -0.632. The summed E-state index contributed by atoms with van der Waals surface area (Å²) in [6, 6.07) is 4.20. The normalized spacial score (nSPS) is 20.0. The van der Waals surface area contributed by atoms with Gasteiger partial charge in [-0.1, -0.05) is 0 Å². The second-order valence-corrected chi connectivity index (χ2v) is 6.03. The number of carbonyl (C=O) groups excluding carboxylic acids is 2. The fourth-order valence-electron chi connectivity index (χ4n) is 2.90. The Morgan fingerprint density at radius 2 is 2.00 bits per heavy atom. The standard InChI is InChI=1S/C18H25FN2O4/c1-2-24-18(23)12-3-5-13(6-4-12)25-14-7-8-15(16(19)11-14)17(22)21-10-9-20/h7-8,11-13H,2-6,9-10,20H2,1H3,(H,21,22)/t12-,13+. The number of ether oxygens (including phenoxy) is 2. The lowest BCUT2D eigenvalue weighted by Crippen LogP contribution is -2.30. The van der Waals surface area contributed by atoms with E-state index in [-0.39, 0.29) is 23.6 Å². The Bertz CT molecular complexity index is 601. The molecule has 1 saturated carbocycles. The van der Waals surface area contributed by atoms with E-state index in [9.17, 15) is 14.0 Å². The smallest absolute Gasteiger partial charge is 0.308 e. The molecule has 138 valence electrons. The highest BCUT2D eigenvalue weighted by Gasteiger charge is 2.28. The average molecular weight is 352 g/mol. The lowest BCUT2D eigenvalue weighted by Gasteiger charge is -2.27. The van der Waals surface area contributed by atoms with Crippen LogP contribution in [0, 0.1) is 11.7 Å². The fourth-order valence-corrected chi connectivity index (χ4v) is 2.90. The van der Waals surface area contributed by atoms with Gasteiger partial charge in [0.05, 0.1) is 24.2 Å². The van der Waals surface area contributed by atoms with Crippen molar-refractivity contribution in [1.82, 2.24) is 5.32 Å². The maximum Gasteiger partial charge on any atom is 0.308 e. The van der Waals surface area contributed by atoms with E-state index >= 15 is 0 Å². The molecule has 3 N–H and O–H groups in total. The molecule has 1 fully saturated rings. The molecule has 1 aliphatic rings. The summed E-state index contributed by atoms with van der Waals surface area (Å²) in [6.07, 6.45) is 2.76. The van der Waals surface area contributed by atoms with Crippen molar-refractivity contribution in [3.63, 3.8) is 0 Å². The van der Waals surface area contributed by atoms with Crippen LogP contribution in [0.4, 0.5) is 4.39 Å². The van der Waals surface area contributed by atoms with Gasteiger partial charge in [-0.2, -0.15) is 0 Å². The summed E-state index contributed by atoms with van der Waals surface area (Å²) in [6.45, 7) is 2.77. The summed E-state index contributed by atoms with van der Waals surface area (Å²) in [5.41, 5.74) is 5.27. The fraction of sp³-hybridized carbons (Fsp3) is 0.556. The average Bonchev–Trinajstić information content (AvgIpc) is 2.60. The third kappa shape index (κ3) is 5.42. The van der Waals surface area contributed by atoms with Gasteiger partial charge in [-0.05, 0) is 44.7 Å². The van der Waals surface area contributed by atoms with E-state index in [1.165, 1.54) is 12.1 Å². The minimum absolute atomic E-state index is 0.0354. The first-order valence-electron chi connectivity index (χ1n) is 8.66. The number of carbonyl (C=O) groups is 2. The predicted molar refractivity (Wildman–Crippen MR) is 90.8 cm³/mol. The SMILES string of the molecule is CCOC(=O)[C@H]1CC[C@@H](Oc2ccc(C(=O)NCCN)c(F)c2)CC1. The van der Waals surface area contributed by atoms with Gasteiger partial charge in [0.2, 0.25) is 0 Å².